The Morgan fingerprint density at radius 3 is 2.93 bits per heavy atom. The summed E-state index contributed by atoms with van der Waals surface area (Å²) in [7, 11) is 2.26. The van der Waals surface area contributed by atoms with E-state index in [-0.39, 0.29) is 0 Å². The van der Waals surface area contributed by atoms with Gasteiger partial charge in [-0.25, -0.2) is 0 Å². The summed E-state index contributed by atoms with van der Waals surface area (Å²) in [5, 5.41) is 0. The predicted molar refractivity (Wildman–Crippen MR) is 60.1 cm³/mol. The van der Waals surface area contributed by atoms with Gasteiger partial charge in [-0.1, -0.05) is 18.6 Å². The second-order valence-corrected chi connectivity index (χ2v) is 4.35. The summed E-state index contributed by atoms with van der Waals surface area (Å²) < 4.78 is 0. The molecule has 0 radical (unpaired) electrons. The summed E-state index contributed by atoms with van der Waals surface area (Å²) in [6.07, 6.45) is 12.8. The monoisotopic (exact) mass is 192 g/mol. The fourth-order valence-electron chi connectivity index (χ4n) is 2.29. The van der Waals surface area contributed by atoms with E-state index in [9.17, 15) is 0 Å². The molecule has 1 unspecified atom stereocenters. The minimum absolute atomic E-state index is 0.764. The average Bonchev–Trinajstić information content (AvgIpc) is 2.23. The van der Waals surface area contributed by atoms with Crippen molar-refractivity contribution in [3.63, 3.8) is 0 Å². The number of likely N-dealkylation sites (N-methyl/N-ethyl adjacent to an activating group) is 1. The second kappa shape index (κ2) is 4.65. The molecule has 0 bridgehead atoms. The molecule has 0 N–H and O–H groups in total. The molecule has 14 heavy (non-hydrogen) atoms. The molecule has 2 nitrogen and oxygen atoms in total. The topological polar surface area (TPSA) is 6.48 Å². The summed E-state index contributed by atoms with van der Waals surface area (Å²) in [6, 6.07) is 0.764. The second-order valence-electron chi connectivity index (χ2n) is 4.35. The first-order valence-corrected chi connectivity index (χ1v) is 5.64. The lowest BCUT2D eigenvalue weighted by atomic mass is 10.0. The van der Waals surface area contributed by atoms with Gasteiger partial charge in [-0.2, -0.15) is 0 Å². The van der Waals surface area contributed by atoms with E-state index in [0.29, 0.717) is 0 Å². The van der Waals surface area contributed by atoms with E-state index in [2.05, 4.69) is 41.3 Å². The van der Waals surface area contributed by atoms with Gasteiger partial charge in [0.2, 0.25) is 0 Å². The fourth-order valence-corrected chi connectivity index (χ4v) is 2.29. The fraction of sp³-hybridized carbons (Fsp3) is 0.667. The van der Waals surface area contributed by atoms with Crippen molar-refractivity contribution in [2.75, 3.05) is 26.7 Å². The predicted octanol–water partition coefficient (Wildman–Crippen LogP) is 1.86. The molecule has 1 fully saturated rings. The average molecular weight is 192 g/mol. The van der Waals surface area contributed by atoms with E-state index >= 15 is 0 Å². The van der Waals surface area contributed by atoms with Gasteiger partial charge in [-0.05, 0) is 38.7 Å². The Morgan fingerprint density at radius 2 is 2.21 bits per heavy atom. The van der Waals surface area contributed by atoms with E-state index < -0.39 is 0 Å². The van der Waals surface area contributed by atoms with E-state index in [1.807, 2.05) is 0 Å². The molecule has 0 spiro atoms. The summed E-state index contributed by atoms with van der Waals surface area (Å²) in [4.78, 5) is 4.92. The lowest BCUT2D eigenvalue weighted by Crippen LogP contribution is -2.43. The summed E-state index contributed by atoms with van der Waals surface area (Å²) >= 11 is 0. The molecule has 0 amide bonds. The van der Waals surface area contributed by atoms with Gasteiger partial charge in [-0.3, -0.25) is 0 Å². The lowest BCUT2D eigenvalue weighted by Gasteiger charge is -2.36. The molecule has 0 saturated carbocycles. The van der Waals surface area contributed by atoms with Crippen molar-refractivity contribution >= 4 is 0 Å². The molecule has 1 saturated heterocycles. The molecule has 0 aromatic heterocycles. The molecule has 1 atom stereocenters. The Labute approximate surface area is 86.9 Å². The van der Waals surface area contributed by atoms with Crippen molar-refractivity contribution in [3.8, 4) is 0 Å². The van der Waals surface area contributed by atoms with Crippen LogP contribution in [0.2, 0.25) is 0 Å². The number of piperidine rings is 1. The number of likely N-dealkylation sites (tertiary alicyclic amines) is 1. The SMILES string of the molecule is CN1CCCCC1CN1C=CC=CC1. The zero-order chi connectivity index (χ0) is 9.80. The third-order valence-electron chi connectivity index (χ3n) is 3.25. The van der Waals surface area contributed by atoms with Gasteiger partial charge in [0.15, 0.2) is 0 Å². The van der Waals surface area contributed by atoms with Gasteiger partial charge in [0.25, 0.3) is 0 Å². The quantitative estimate of drug-likeness (QED) is 0.659. The van der Waals surface area contributed by atoms with E-state index in [4.69, 9.17) is 0 Å². The molecular formula is C12H20N2. The van der Waals surface area contributed by atoms with Gasteiger partial charge in [0, 0.05) is 19.1 Å². The number of nitrogens with zero attached hydrogens (tertiary/aromatic N) is 2. The van der Waals surface area contributed by atoms with Crippen molar-refractivity contribution in [1.29, 1.82) is 0 Å². The zero-order valence-electron chi connectivity index (χ0n) is 9.02. The molecule has 2 aliphatic heterocycles. The first-order valence-electron chi connectivity index (χ1n) is 5.64. The van der Waals surface area contributed by atoms with Crippen molar-refractivity contribution in [2.24, 2.45) is 0 Å². The van der Waals surface area contributed by atoms with E-state index in [0.717, 1.165) is 12.6 Å². The third-order valence-corrected chi connectivity index (χ3v) is 3.25. The van der Waals surface area contributed by atoms with Crippen LogP contribution < -0.4 is 0 Å². The highest BCUT2D eigenvalue weighted by atomic mass is 15.2. The largest absolute Gasteiger partial charge is 0.372 e. The van der Waals surface area contributed by atoms with Crippen molar-refractivity contribution < 1.29 is 0 Å². The van der Waals surface area contributed by atoms with Gasteiger partial charge in [0.05, 0.1) is 0 Å². The van der Waals surface area contributed by atoms with Crippen LogP contribution in [0, 0.1) is 0 Å². The van der Waals surface area contributed by atoms with Gasteiger partial charge < -0.3 is 9.80 Å². The highest BCUT2D eigenvalue weighted by Gasteiger charge is 2.20. The molecule has 2 heteroatoms. The highest BCUT2D eigenvalue weighted by Crippen LogP contribution is 2.16. The van der Waals surface area contributed by atoms with Crippen molar-refractivity contribution in [3.05, 3.63) is 24.4 Å². The Kier molecular flexibility index (Phi) is 3.25. The minimum atomic E-state index is 0.764. The van der Waals surface area contributed by atoms with Crippen LogP contribution in [0.1, 0.15) is 19.3 Å². The standard InChI is InChI=1S/C12H20N2/c1-13-8-6-3-7-12(13)11-14-9-4-2-5-10-14/h2,4-5,9,12H,3,6-8,10-11H2,1H3. The smallest absolute Gasteiger partial charge is 0.0357 e. The number of hydrogen-bond donors (Lipinski definition) is 0. The lowest BCUT2D eigenvalue weighted by molar-refractivity contribution is 0.153. The zero-order valence-corrected chi connectivity index (χ0v) is 9.02. The first kappa shape index (κ1) is 9.78. The van der Waals surface area contributed by atoms with Crippen LogP contribution in [-0.4, -0.2) is 42.5 Å². The number of allylic oxidation sites excluding steroid dienone is 2. The molecule has 2 rings (SSSR count). The molecule has 2 aliphatic rings. The Bertz CT molecular complexity index is 232. The first-order chi connectivity index (χ1) is 6.86. The molecule has 0 aromatic carbocycles. The number of rotatable bonds is 2. The Morgan fingerprint density at radius 1 is 1.29 bits per heavy atom. The van der Waals surface area contributed by atoms with Crippen LogP contribution in [-0.2, 0) is 0 Å². The van der Waals surface area contributed by atoms with E-state index in [1.165, 1.54) is 32.4 Å². The third kappa shape index (κ3) is 2.38. The summed E-state index contributed by atoms with van der Waals surface area (Å²) in [5.41, 5.74) is 0. The minimum Gasteiger partial charge on any atom is -0.372 e. The van der Waals surface area contributed by atoms with Gasteiger partial charge in [-0.15, -0.1) is 0 Å². The maximum absolute atomic E-state index is 2.51. The van der Waals surface area contributed by atoms with Gasteiger partial charge in [0.1, 0.15) is 0 Å². The summed E-state index contributed by atoms with van der Waals surface area (Å²) in [6.45, 7) is 3.55. The molecular weight excluding hydrogens is 172 g/mol. The van der Waals surface area contributed by atoms with Crippen molar-refractivity contribution in [2.45, 2.75) is 25.3 Å². The van der Waals surface area contributed by atoms with E-state index in [1.54, 1.807) is 0 Å². The Balaban J connectivity index is 1.83. The van der Waals surface area contributed by atoms with Crippen LogP contribution >= 0.6 is 0 Å². The van der Waals surface area contributed by atoms with Crippen LogP contribution in [0.5, 0.6) is 0 Å². The molecule has 2 heterocycles. The van der Waals surface area contributed by atoms with Crippen LogP contribution in [0.15, 0.2) is 24.4 Å². The van der Waals surface area contributed by atoms with Crippen molar-refractivity contribution in [1.82, 2.24) is 9.80 Å². The van der Waals surface area contributed by atoms with Crippen LogP contribution in [0.3, 0.4) is 0 Å². The maximum Gasteiger partial charge on any atom is 0.0357 e. The van der Waals surface area contributed by atoms with Crippen LogP contribution in [0.4, 0.5) is 0 Å². The highest BCUT2D eigenvalue weighted by molar-refractivity contribution is 5.08. The molecule has 0 aromatic rings. The molecule has 78 valence electrons. The maximum atomic E-state index is 2.51. The molecule has 0 aliphatic carbocycles. The van der Waals surface area contributed by atoms with Gasteiger partial charge >= 0.3 is 0 Å². The number of hydrogen-bond acceptors (Lipinski definition) is 2. The summed E-state index contributed by atoms with van der Waals surface area (Å²) in [5.74, 6) is 0. The Hall–Kier alpha value is -0.760. The normalized spacial score (nSPS) is 28.4. The van der Waals surface area contributed by atoms with Crippen LogP contribution in [0.25, 0.3) is 0 Å².